The highest BCUT2D eigenvalue weighted by molar-refractivity contribution is 6.30. The molecule has 1 heterocycles. The van der Waals surface area contributed by atoms with E-state index in [1.54, 1.807) is 12.1 Å². The van der Waals surface area contributed by atoms with E-state index in [1.165, 1.54) is 12.1 Å². The predicted octanol–water partition coefficient (Wildman–Crippen LogP) is 5.36. The molecule has 3 aromatic carbocycles. The second kappa shape index (κ2) is 10.2. The Balaban J connectivity index is 1.47. The smallest absolute Gasteiger partial charge is 0.220 e. The fraction of sp³-hybridized carbons (Fsp3) is 0.259. The van der Waals surface area contributed by atoms with Crippen LogP contribution in [0.3, 0.4) is 0 Å². The monoisotopic (exact) mass is 464 g/mol. The van der Waals surface area contributed by atoms with E-state index in [-0.39, 0.29) is 30.1 Å². The van der Waals surface area contributed by atoms with Crippen LogP contribution in [0.15, 0.2) is 78.9 Å². The summed E-state index contributed by atoms with van der Waals surface area (Å²) < 4.78 is 13.3. The Labute approximate surface area is 198 Å². The molecule has 2 amide bonds. The quantitative estimate of drug-likeness (QED) is 0.471. The fourth-order valence-corrected chi connectivity index (χ4v) is 4.55. The van der Waals surface area contributed by atoms with Crippen molar-refractivity contribution < 1.29 is 14.0 Å². The number of carbonyl (C=O) groups is 2. The molecule has 0 aromatic heterocycles. The summed E-state index contributed by atoms with van der Waals surface area (Å²) >= 11 is 6.05. The zero-order valence-corrected chi connectivity index (χ0v) is 18.9. The summed E-state index contributed by atoms with van der Waals surface area (Å²) in [5.41, 5.74) is 2.34. The number of hydrogen-bond donors (Lipinski definition) is 2. The van der Waals surface area contributed by atoms with E-state index in [4.69, 9.17) is 11.6 Å². The van der Waals surface area contributed by atoms with Gasteiger partial charge >= 0.3 is 0 Å². The summed E-state index contributed by atoms with van der Waals surface area (Å²) in [7, 11) is 0. The van der Waals surface area contributed by atoms with E-state index in [0.717, 1.165) is 16.7 Å². The number of hydrogen-bond acceptors (Lipinski definition) is 2. The highest BCUT2D eigenvalue weighted by Gasteiger charge is 2.38. The Morgan fingerprint density at radius 1 is 1.00 bits per heavy atom. The van der Waals surface area contributed by atoms with Crippen LogP contribution >= 0.6 is 11.6 Å². The molecule has 1 aliphatic rings. The first-order valence-electron chi connectivity index (χ1n) is 11.1. The second-order valence-corrected chi connectivity index (χ2v) is 9.03. The van der Waals surface area contributed by atoms with Gasteiger partial charge < -0.3 is 10.6 Å². The highest BCUT2D eigenvalue weighted by atomic mass is 35.5. The van der Waals surface area contributed by atoms with Gasteiger partial charge in [0.25, 0.3) is 0 Å². The largest absolute Gasteiger partial charge is 0.350 e. The van der Waals surface area contributed by atoms with E-state index in [2.05, 4.69) is 10.6 Å². The van der Waals surface area contributed by atoms with Gasteiger partial charge in [-0.1, -0.05) is 66.2 Å². The maximum absolute atomic E-state index is 13.3. The van der Waals surface area contributed by atoms with Crippen LogP contribution in [0.4, 0.5) is 4.39 Å². The molecular weight excluding hydrogens is 439 g/mol. The van der Waals surface area contributed by atoms with Crippen molar-refractivity contribution in [2.24, 2.45) is 0 Å². The minimum atomic E-state index is -0.505. The van der Waals surface area contributed by atoms with Crippen molar-refractivity contribution in [3.63, 3.8) is 0 Å². The first-order chi connectivity index (χ1) is 15.9. The van der Waals surface area contributed by atoms with Gasteiger partial charge in [0.1, 0.15) is 5.82 Å². The second-order valence-electron chi connectivity index (χ2n) is 8.59. The topological polar surface area (TPSA) is 58.2 Å². The van der Waals surface area contributed by atoms with Crippen LogP contribution in [0, 0.1) is 5.82 Å². The van der Waals surface area contributed by atoms with Crippen LogP contribution in [-0.2, 0) is 16.0 Å². The van der Waals surface area contributed by atoms with E-state index >= 15 is 0 Å². The number of amides is 2. The third-order valence-electron chi connectivity index (χ3n) is 6.16. The minimum absolute atomic E-state index is 0.0131. The number of carbonyl (C=O) groups excluding carboxylic acids is 2. The van der Waals surface area contributed by atoms with Crippen LogP contribution in [-0.4, -0.2) is 17.4 Å². The average Bonchev–Trinajstić information content (AvgIpc) is 3.19. The van der Waals surface area contributed by atoms with Crippen molar-refractivity contribution in [2.75, 3.05) is 0 Å². The first kappa shape index (κ1) is 23.0. The Bertz CT molecular complexity index is 1100. The molecule has 0 radical (unpaired) electrons. The number of halogens is 2. The minimum Gasteiger partial charge on any atom is -0.350 e. The predicted molar refractivity (Wildman–Crippen MR) is 127 cm³/mol. The molecule has 170 valence electrons. The van der Waals surface area contributed by atoms with Crippen LogP contribution < -0.4 is 10.6 Å². The van der Waals surface area contributed by atoms with Crippen LogP contribution in [0.2, 0.25) is 5.02 Å². The molecule has 33 heavy (non-hydrogen) atoms. The fourth-order valence-electron chi connectivity index (χ4n) is 4.42. The van der Waals surface area contributed by atoms with Gasteiger partial charge in [-0.25, -0.2) is 4.39 Å². The zero-order valence-electron chi connectivity index (χ0n) is 18.2. The van der Waals surface area contributed by atoms with Crippen molar-refractivity contribution in [2.45, 2.75) is 43.7 Å². The zero-order chi connectivity index (χ0) is 23.3. The van der Waals surface area contributed by atoms with Crippen LogP contribution in [0.5, 0.6) is 0 Å². The van der Waals surface area contributed by atoms with Crippen LogP contribution in [0.25, 0.3) is 0 Å². The maximum atomic E-state index is 13.3. The van der Waals surface area contributed by atoms with E-state index in [0.29, 0.717) is 30.7 Å². The standard InChI is InChI=1S/C27H26ClFN2O2/c28-22-10-8-21(9-11-22)26(20-4-2-1-3-5-20)30-24(32)14-16-27(17-15-25(33)31-27)18-19-6-12-23(29)13-7-19/h1-13,26H,14-18H2,(H,30,32)(H,31,33)/t26-,27-/m0/s1. The third kappa shape index (κ3) is 5.99. The molecular formula is C27H26ClFN2O2. The number of benzene rings is 3. The molecule has 0 spiro atoms. The highest BCUT2D eigenvalue weighted by Crippen LogP contribution is 2.30. The van der Waals surface area contributed by atoms with Crippen molar-refractivity contribution >= 4 is 23.4 Å². The summed E-state index contributed by atoms with van der Waals surface area (Å²) in [4.78, 5) is 25.1. The molecule has 2 N–H and O–H groups in total. The summed E-state index contributed by atoms with van der Waals surface area (Å²) in [6.45, 7) is 0. The van der Waals surface area contributed by atoms with Crippen molar-refractivity contribution in [3.05, 3.63) is 106 Å². The molecule has 4 rings (SSSR count). The van der Waals surface area contributed by atoms with E-state index in [1.807, 2.05) is 54.6 Å². The summed E-state index contributed by atoms with van der Waals surface area (Å²) in [6.07, 6.45) is 2.41. The van der Waals surface area contributed by atoms with Crippen molar-refractivity contribution in [3.8, 4) is 0 Å². The number of nitrogens with one attached hydrogen (secondary N) is 2. The molecule has 0 unspecified atom stereocenters. The van der Waals surface area contributed by atoms with Crippen molar-refractivity contribution in [1.82, 2.24) is 10.6 Å². The molecule has 1 saturated heterocycles. The van der Waals surface area contributed by atoms with Crippen molar-refractivity contribution in [1.29, 1.82) is 0 Å². The lowest BCUT2D eigenvalue weighted by Gasteiger charge is -2.30. The molecule has 0 bridgehead atoms. The normalized spacial score (nSPS) is 18.5. The van der Waals surface area contributed by atoms with E-state index in [9.17, 15) is 14.0 Å². The lowest BCUT2D eigenvalue weighted by atomic mass is 9.85. The van der Waals surface area contributed by atoms with Gasteiger partial charge in [-0.05, 0) is 60.2 Å². The van der Waals surface area contributed by atoms with Gasteiger partial charge in [0, 0.05) is 23.4 Å². The van der Waals surface area contributed by atoms with Gasteiger partial charge in [-0.2, -0.15) is 0 Å². The third-order valence-corrected chi connectivity index (χ3v) is 6.42. The van der Waals surface area contributed by atoms with Gasteiger partial charge in [-0.15, -0.1) is 0 Å². The molecule has 3 aromatic rings. The van der Waals surface area contributed by atoms with Crippen LogP contribution in [0.1, 0.15) is 48.4 Å². The maximum Gasteiger partial charge on any atom is 0.220 e. The SMILES string of the molecule is O=C(CC[C@@]1(Cc2ccc(F)cc2)CCC(=O)N1)N[C@@H](c1ccccc1)c1ccc(Cl)cc1. The summed E-state index contributed by atoms with van der Waals surface area (Å²) in [6, 6.07) is 23.2. The van der Waals surface area contributed by atoms with E-state index < -0.39 is 5.54 Å². The Morgan fingerprint density at radius 2 is 1.67 bits per heavy atom. The number of rotatable bonds is 8. The molecule has 6 heteroatoms. The lowest BCUT2D eigenvalue weighted by Crippen LogP contribution is -2.44. The lowest BCUT2D eigenvalue weighted by molar-refractivity contribution is -0.123. The summed E-state index contributed by atoms with van der Waals surface area (Å²) in [5.74, 6) is -0.406. The molecule has 2 atom stereocenters. The molecule has 1 fully saturated rings. The molecule has 0 saturated carbocycles. The first-order valence-corrected chi connectivity index (χ1v) is 11.5. The van der Waals surface area contributed by atoms with Gasteiger partial charge in [0.05, 0.1) is 6.04 Å². The average molecular weight is 465 g/mol. The Kier molecular flexibility index (Phi) is 7.09. The molecule has 1 aliphatic heterocycles. The summed E-state index contributed by atoms with van der Waals surface area (Å²) in [5, 5.41) is 6.87. The Hall–Kier alpha value is -3.18. The Morgan fingerprint density at radius 3 is 2.30 bits per heavy atom. The van der Waals surface area contributed by atoms with Gasteiger partial charge in [0.15, 0.2) is 0 Å². The van der Waals surface area contributed by atoms with Gasteiger partial charge in [-0.3, -0.25) is 9.59 Å². The van der Waals surface area contributed by atoms with Gasteiger partial charge in [0.2, 0.25) is 11.8 Å². The molecule has 0 aliphatic carbocycles. The molecule has 4 nitrogen and oxygen atoms in total.